The van der Waals surface area contributed by atoms with Crippen molar-refractivity contribution in [3.05, 3.63) is 86.8 Å². The Kier molecular flexibility index (Phi) is 5.56. The third kappa shape index (κ3) is 4.20. The van der Waals surface area contributed by atoms with Gasteiger partial charge in [0, 0.05) is 33.9 Å². The van der Waals surface area contributed by atoms with Crippen LogP contribution >= 0.6 is 11.6 Å². The number of aryl methyl sites for hydroxylation is 1. The van der Waals surface area contributed by atoms with Crippen LogP contribution in [-0.2, 0) is 6.54 Å². The summed E-state index contributed by atoms with van der Waals surface area (Å²) in [7, 11) is 1.46. The lowest BCUT2D eigenvalue weighted by molar-refractivity contribution is 0.379. The fraction of sp³-hybridized carbons (Fsp3) is 0.136. The lowest BCUT2D eigenvalue weighted by Gasteiger charge is -2.25. The van der Waals surface area contributed by atoms with E-state index in [1.807, 2.05) is 6.07 Å². The van der Waals surface area contributed by atoms with Gasteiger partial charge in [0.15, 0.2) is 11.6 Å². The van der Waals surface area contributed by atoms with Crippen molar-refractivity contribution in [2.24, 2.45) is 0 Å². The van der Waals surface area contributed by atoms with Crippen LogP contribution in [0.3, 0.4) is 0 Å². The standard InChI is InChI=1S/C22H17ClF2N4O2/c1-12-8-18(27-22(26-12)31-2)29(15-5-3-4-14(23)10-15)11-13-9-19(30)28-21-16(13)6-7-17(24)20(21)25/h3-10H,11H2,1-2H3,(H,28,30). The van der Waals surface area contributed by atoms with E-state index in [2.05, 4.69) is 15.0 Å². The zero-order valence-electron chi connectivity index (χ0n) is 16.6. The third-order valence-corrected chi connectivity index (χ3v) is 4.96. The van der Waals surface area contributed by atoms with Crippen LogP contribution < -0.4 is 15.2 Å². The van der Waals surface area contributed by atoms with E-state index >= 15 is 0 Å². The summed E-state index contributed by atoms with van der Waals surface area (Å²) in [6, 6.07) is 12.8. The topological polar surface area (TPSA) is 71.1 Å². The SMILES string of the molecule is COc1nc(C)cc(N(Cc2cc(=O)[nH]c3c(F)c(F)ccc23)c2cccc(Cl)c2)n1. The summed E-state index contributed by atoms with van der Waals surface area (Å²) in [4.78, 5) is 25.0. The maximum absolute atomic E-state index is 14.3. The third-order valence-electron chi connectivity index (χ3n) is 4.72. The first kappa shape index (κ1) is 20.7. The number of benzene rings is 2. The van der Waals surface area contributed by atoms with E-state index < -0.39 is 17.2 Å². The second kappa shape index (κ2) is 8.31. The Hall–Kier alpha value is -3.52. The van der Waals surface area contributed by atoms with Gasteiger partial charge in [-0.3, -0.25) is 4.79 Å². The minimum atomic E-state index is -1.11. The number of aromatic amines is 1. The largest absolute Gasteiger partial charge is 0.467 e. The Bertz CT molecular complexity index is 1340. The second-order valence-corrected chi connectivity index (χ2v) is 7.30. The van der Waals surface area contributed by atoms with Gasteiger partial charge in [-0.05, 0) is 42.8 Å². The number of H-pyrrole nitrogens is 1. The van der Waals surface area contributed by atoms with Crippen molar-refractivity contribution in [3.63, 3.8) is 0 Å². The number of rotatable bonds is 5. The zero-order valence-corrected chi connectivity index (χ0v) is 17.4. The highest BCUT2D eigenvalue weighted by Gasteiger charge is 2.18. The number of aromatic nitrogens is 3. The van der Waals surface area contributed by atoms with Crippen molar-refractivity contribution in [1.82, 2.24) is 15.0 Å². The molecule has 0 unspecified atom stereocenters. The van der Waals surface area contributed by atoms with Gasteiger partial charge in [0.25, 0.3) is 0 Å². The fourth-order valence-electron chi connectivity index (χ4n) is 3.34. The molecule has 9 heteroatoms. The molecule has 4 rings (SSSR count). The number of hydrogen-bond donors (Lipinski definition) is 1. The van der Waals surface area contributed by atoms with Crippen LogP contribution in [-0.4, -0.2) is 22.1 Å². The molecule has 0 aliphatic heterocycles. The summed E-state index contributed by atoms with van der Waals surface area (Å²) >= 11 is 6.20. The molecule has 6 nitrogen and oxygen atoms in total. The zero-order chi connectivity index (χ0) is 22.1. The van der Waals surface area contributed by atoms with Crippen molar-refractivity contribution in [3.8, 4) is 6.01 Å². The van der Waals surface area contributed by atoms with Gasteiger partial charge in [0.2, 0.25) is 5.56 Å². The first-order valence-corrected chi connectivity index (χ1v) is 9.66. The van der Waals surface area contributed by atoms with Crippen LogP contribution in [0.1, 0.15) is 11.3 Å². The monoisotopic (exact) mass is 442 g/mol. The van der Waals surface area contributed by atoms with Crippen molar-refractivity contribution < 1.29 is 13.5 Å². The van der Waals surface area contributed by atoms with Crippen molar-refractivity contribution in [2.45, 2.75) is 13.5 Å². The first-order chi connectivity index (χ1) is 14.9. The van der Waals surface area contributed by atoms with Gasteiger partial charge in [-0.2, -0.15) is 4.98 Å². The van der Waals surface area contributed by atoms with Crippen LogP contribution in [0, 0.1) is 18.6 Å². The summed E-state index contributed by atoms with van der Waals surface area (Å²) in [5, 5.41) is 0.882. The Morgan fingerprint density at radius 2 is 1.94 bits per heavy atom. The van der Waals surface area contributed by atoms with E-state index in [4.69, 9.17) is 16.3 Å². The maximum atomic E-state index is 14.3. The van der Waals surface area contributed by atoms with Crippen LogP contribution in [0.25, 0.3) is 10.9 Å². The number of nitrogens with zero attached hydrogens (tertiary/aromatic N) is 3. The van der Waals surface area contributed by atoms with Gasteiger partial charge < -0.3 is 14.6 Å². The highest BCUT2D eigenvalue weighted by molar-refractivity contribution is 6.30. The van der Waals surface area contributed by atoms with Crippen LogP contribution in [0.5, 0.6) is 6.01 Å². The molecule has 0 radical (unpaired) electrons. The number of nitrogens with one attached hydrogen (secondary N) is 1. The molecule has 31 heavy (non-hydrogen) atoms. The highest BCUT2D eigenvalue weighted by Crippen LogP contribution is 2.31. The smallest absolute Gasteiger partial charge is 0.318 e. The van der Waals surface area contributed by atoms with Crippen LogP contribution in [0.4, 0.5) is 20.3 Å². The highest BCUT2D eigenvalue weighted by atomic mass is 35.5. The molecule has 0 bridgehead atoms. The lowest BCUT2D eigenvalue weighted by Crippen LogP contribution is -2.20. The molecular weight excluding hydrogens is 426 g/mol. The van der Waals surface area contributed by atoms with E-state index in [0.29, 0.717) is 33.2 Å². The molecule has 4 aromatic rings. The Morgan fingerprint density at radius 1 is 1.13 bits per heavy atom. The van der Waals surface area contributed by atoms with Crippen molar-refractivity contribution >= 4 is 34.0 Å². The minimum absolute atomic E-state index is 0.130. The predicted molar refractivity (Wildman–Crippen MR) is 115 cm³/mol. The van der Waals surface area contributed by atoms with Crippen LogP contribution in [0.2, 0.25) is 5.02 Å². The number of hydrogen-bond acceptors (Lipinski definition) is 5. The predicted octanol–water partition coefficient (Wildman–Crippen LogP) is 4.91. The van der Waals surface area contributed by atoms with E-state index in [1.54, 1.807) is 36.1 Å². The summed E-state index contributed by atoms with van der Waals surface area (Å²) in [5.74, 6) is -1.66. The summed E-state index contributed by atoms with van der Waals surface area (Å²) < 4.78 is 33.2. The average molecular weight is 443 g/mol. The van der Waals surface area contributed by atoms with E-state index in [0.717, 1.165) is 6.07 Å². The van der Waals surface area contributed by atoms with Gasteiger partial charge in [-0.15, -0.1) is 0 Å². The first-order valence-electron chi connectivity index (χ1n) is 9.28. The maximum Gasteiger partial charge on any atom is 0.318 e. The minimum Gasteiger partial charge on any atom is -0.467 e. The average Bonchev–Trinajstić information content (AvgIpc) is 2.74. The second-order valence-electron chi connectivity index (χ2n) is 6.86. The molecule has 1 N–H and O–H groups in total. The number of anilines is 2. The lowest BCUT2D eigenvalue weighted by atomic mass is 10.1. The molecule has 0 atom stereocenters. The number of fused-ring (bicyclic) bond motifs is 1. The molecule has 0 saturated carbocycles. The number of methoxy groups -OCH3 is 1. The number of ether oxygens (including phenoxy) is 1. The molecule has 0 spiro atoms. The molecular formula is C22H17ClF2N4O2. The van der Waals surface area contributed by atoms with Gasteiger partial charge in [-0.25, -0.2) is 13.8 Å². The van der Waals surface area contributed by atoms with Gasteiger partial charge in [-0.1, -0.05) is 17.7 Å². The molecule has 2 heterocycles. The van der Waals surface area contributed by atoms with Crippen molar-refractivity contribution in [1.29, 1.82) is 0 Å². The number of pyridine rings is 1. The van der Waals surface area contributed by atoms with Gasteiger partial charge in [0.1, 0.15) is 5.82 Å². The van der Waals surface area contributed by atoms with Gasteiger partial charge in [0.05, 0.1) is 19.2 Å². The normalized spacial score (nSPS) is 11.0. The molecule has 0 amide bonds. The van der Waals surface area contributed by atoms with Crippen LogP contribution in [0.15, 0.2) is 53.3 Å². The Balaban J connectivity index is 1.91. The molecule has 0 aliphatic carbocycles. The molecule has 0 fully saturated rings. The van der Waals surface area contributed by atoms with Crippen molar-refractivity contribution in [2.75, 3.05) is 12.0 Å². The summed E-state index contributed by atoms with van der Waals surface area (Å²) in [6.45, 7) is 1.93. The summed E-state index contributed by atoms with van der Waals surface area (Å²) in [6.07, 6.45) is 0. The molecule has 0 saturated heterocycles. The Morgan fingerprint density at radius 3 is 2.68 bits per heavy atom. The summed E-state index contributed by atoms with van der Waals surface area (Å²) in [5.41, 5.74) is 1.09. The fourth-order valence-corrected chi connectivity index (χ4v) is 3.52. The quantitative estimate of drug-likeness (QED) is 0.475. The van der Waals surface area contributed by atoms with E-state index in [1.165, 1.54) is 19.2 Å². The molecule has 0 aliphatic rings. The van der Waals surface area contributed by atoms with E-state index in [-0.39, 0.29) is 18.1 Å². The molecule has 2 aromatic carbocycles. The molecule has 2 aromatic heterocycles. The number of halogens is 3. The van der Waals surface area contributed by atoms with E-state index in [9.17, 15) is 13.6 Å². The molecule has 158 valence electrons. The Labute approximate surface area is 181 Å². The van der Waals surface area contributed by atoms with Gasteiger partial charge >= 0.3 is 6.01 Å².